The van der Waals surface area contributed by atoms with Crippen molar-refractivity contribution in [2.45, 2.75) is 13.0 Å². The van der Waals surface area contributed by atoms with E-state index in [9.17, 15) is 19.7 Å². The van der Waals surface area contributed by atoms with Crippen molar-refractivity contribution < 1.29 is 28.4 Å². The van der Waals surface area contributed by atoms with Crippen molar-refractivity contribution in [3.63, 3.8) is 0 Å². The van der Waals surface area contributed by atoms with Crippen molar-refractivity contribution in [2.24, 2.45) is 0 Å². The van der Waals surface area contributed by atoms with Crippen LogP contribution in [-0.4, -0.2) is 30.0 Å². The standard InChI is InChI=1S/C15H13ClN2O7/c1-8(24-15(20)12-5-6-13(25-12)18(21)22)14(19)17-10-7-9(16)3-4-11(10)23-2/h3-8H,1-2H3,(H,17,19)/t8-/m0/s1. The predicted molar refractivity (Wildman–Crippen MR) is 86.9 cm³/mol. The van der Waals surface area contributed by atoms with Gasteiger partial charge in [-0.25, -0.2) is 4.79 Å². The van der Waals surface area contributed by atoms with Crippen LogP contribution in [0.25, 0.3) is 0 Å². The lowest BCUT2D eigenvalue weighted by molar-refractivity contribution is -0.402. The summed E-state index contributed by atoms with van der Waals surface area (Å²) in [6.45, 7) is 1.33. The van der Waals surface area contributed by atoms with Crippen molar-refractivity contribution in [3.05, 3.63) is 51.2 Å². The largest absolute Gasteiger partial charge is 0.495 e. The highest BCUT2D eigenvalue weighted by molar-refractivity contribution is 6.31. The van der Waals surface area contributed by atoms with E-state index in [1.54, 1.807) is 12.1 Å². The van der Waals surface area contributed by atoms with Gasteiger partial charge in [-0.1, -0.05) is 11.6 Å². The summed E-state index contributed by atoms with van der Waals surface area (Å²) in [4.78, 5) is 33.7. The number of hydrogen-bond acceptors (Lipinski definition) is 7. The van der Waals surface area contributed by atoms with Gasteiger partial charge in [0.1, 0.15) is 10.7 Å². The molecule has 25 heavy (non-hydrogen) atoms. The number of anilines is 1. The fraction of sp³-hybridized carbons (Fsp3) is 0.200. The number of carbonyl (C=O) groups excluding carboxylic acids is 2. The van der Waals surface area contributed by atoms with E-state index in [1.807, 2.05) is 0 Å². The number of carbonyl (C=O) groups is 2. The maximum absolute atomic E-state index is 12.1. The fourth-order valence-electron chi connectivity index (χ4n) is 1.82. The third-order valence-corrected chi connectivity index (χ3v) is 3.28. The van der Waals surface area contributed by atoms with Gasteiger partial charge in [0.25, 0.3) is 5.91 Å². The van der Waals surface area contributed by atoms with E-state index in [2.05, 4.69) is 5.32 Å². The molecule has 0 aliphatic carbocycles. The van der Waals surface area contributed by atoms with Gasteiger partial charge in [0, 0.05) is 5.02 Å². The van der Waals surface area contributed by atoms with E-state index in [0.717, 1.165) is 12.1 Å². The smallest absolute Gasteiger partial charge is 0.433 e. The zero-order valence-corrected chi connectivity index (χ0v) is 13.9. The summed E-state index contributed by atoms with van der Waals surface area (Å²) in [6, 6.07) is 6.73. The topological polar surface area (TPSA) is 121 Å². The lowest BCUT2D eigenvalue weighted by Crippen LogP contribution is -2.30. The Labute approximate surface area is 146 Å². The molecule has 0 spiro atoms. The molecule has 1 atom stereocenters. The summed E-state index contributed by atoms with van der Waals surface area (Å²) in [5.74, 6) is -2.26. The molecule has 0 unspecified atom stereocenters. The molecule has 132 valence electrons. The quantitative estimate of drug-likeness (QED) is 0.472. The van der Waals surface area contributed by atoms with Crippen LogP contribution in [0.5, 0.6) is 5.75 Å². The molecule has 1 amide bonds. The Bertz CT molecular complexity index is 818. The summed E-state index contributed by atoms with van der Waals surface area (Å²) in [6.07, 6.45) is -1.19. The molecule has 1 N–H and O–H groups in total. The van der Waals surface area contributed by atoms with E-state index in [4.69, 9.17) is 25.5 Å². The number of nitro groups is 1. The summed E-state index contributed by atoms with van der Waals surface area (Å²) in [7, 11) is 1.42. The second-order valence-corrected chi connectivity index (χ2v) is 5.21. The highest BCUT2D eigenvalue weighted by Crippen LogP contribution is 2.28. The molecular formula is C15H13ClN2O7. The summed E-state index contributed by atoms with van der Waals surface area (Å²) in [5.41, 5.74) is 0.302. The van der Waals surface area contributed by atoms with Gasteiger partial charge in [0.05, 0.1) is 18.9 Å². The maximum Gasteiger partial charge on any atom is 0.433 e. The van der Waals surface area contributed by atoms with E-state index in [-0.39, 0.29) is 5.76 Å². The molecule has 0 radical (unpaired) electrons. The molecule has 2 aromatic rings. The molecular weight excluding hydrogens is 356 g/mol. The van der Waals surface area contributed by atoms with E-state index in [1.165, 1.54) is 20.1 Å². The van der Waals surface area contributed by atoms with E-state index < -0.39 is 28.8 Å². The lowest BCUT2D eigenvalue weighted by Gasteiger charge is -2.14. The Hall–Kier alpha value is -3.07. The predicted octanol–water partition coefficient (Wildman–Crippen LogP) is 3.03. The van der Waals surface area contributed by atoms with Crippen molar-refractivity contribution >= 4 is 35.0 Å². The van der Waals surface area contributed by atoms with Crippen molar-refractivity contribution in [3.8, 4) is 5.75 Å². The van der Waals surface area contributed by atoms with Gasteiger partial charge in [-0.05, 0) is 31.2 Å². The number of benzene rings is 1. The maximum atomic E-state index is 12.1. The first-order chi connectivity index (χ1) is 11.8. The van der Waals surface area contributed by atoms with E-state index >= 15 is 0 Å². The summed E-state index contributed by atoms with van der Waals surface area (Å²) < 4.78 is 14.7. The first-order valence-electron chi connectivity index (χ1n) is 6.91. The van der Waals surface area contributed by atoms with Crippen molar-refractivity contribution in [1.82, 2.24) is 0 Å². The number of hydrogen-bond donors (Lipinski definition) is 1. The van der Waals surface area contributed by atoms with Crippen LogP contribution in [0, 0.1) is 10.1 Å². The molecule has 0 saturated carbocycles. The van der Waals surface area contributed by atoms with Gasteiger partial charge in [-0.3, -0.25) is 14.9 Å². The van der Waals surface area contributed by atoms with Crippen LogP contribution < -0.4 is 10.1 Å². The number of halogens is 1. The number of ether oxygens (including phenoxy) is 2. The zero-order chi connectivity index (χ0) is 18.6. The van der Waals surface area contributed by atoms with Gasteiger partial charge in [0.2, 0.25) is 5.76 Å². The molecule has 1 aromatic carbocycles. The van der Waals surface area contributed by atoms with Gasteiger partial charge >= 0.3 is 11.9 Å². The fourth-order valence-corrected chi connectivity index (χ4v) is 1.99. The Morgan fingerprint density at radius 1 is 1.32 bits per heavy atom. The third kappa shape index (κ3) is 4.48. The van der Waals surface area contributed by atoms with Crippen LogP contribution in [0.1, 0.15) is 17.5 Å². The van der Waals surface area contributed by atoms with Crippen LogP contribution in [0.15, 0.2) is 34.7 Å². The minimum atomic E-state index is -1.19. The highest BCUT2D eigenvalue weighted by Gasteiger charge is 2.24. The number of nitrogens with zero attached hydrogens (tertiary/aromatic N) is 1. The number of esters is 1. The van der Waals surface area contributed by atoms with Crippen LogP contribution in [0.3, 0.4) is 0 Å². The monoisotopic (exact) mass is 368 g/mol. The second-order valence-electron chi connectivity index (χ2n) is 4.78. The van der Waals surface area contributed by atoms with Gasteiger partial charge in [-0.15, -0.1) is 0 Å². The Kier molecular flexibility index (Phi) is 5.60. The normalized spacial score (nSPS) is 11.5. The zero-order valence-electron chi connectivity index (χ0n) is 13.1. The Morgan fingerprint density at radius 3 is 2.64 bits per heavy atom. The SMILES string of the molecule is COc1ccc(Cl)cc1NC(=O)[C@H](C)OC(=O)c1ccc([N+](=O)[O-])o1. The first-order valence-corrected chi connectivity index (χ1v) is 7.29. The minimum Gasteiger partial charge on any atom is -0.495 e. The Morgan fingerprint density at radius 2 is 2.04 bits per heavy atom. The van der Waals surface area contributed by atoms with Crippen LogP contribution in [0.2, 0.25) is 5.02 Å². The molecule has 0 aliphatic heterocycles. The van der Waals surface area contributed by atoms with E-state index in [0.29, 0.717) is 16.5 Å². The molecule has 2 rings (SSSR count). The number of methoxy groups -OCH3 is 1. The number of amides is 1. The lowest BCUT2D eigenvalue weighted by atomic mass is 10.2. The van der Waals surface area contributed by atoms with Gasteiger partial charge in [-0.2, -0.15) is 0 Å². The van der Waals surface area contributed by atoms with Crippen LogP contribution in [-0.2, 0) is 9.53 Å². The number of nitrogens with one attached hydrogen (secondary N) is 1. The molecule has 0 bridgehead atoms. The average molecular weight is 369 g/mol. The highest BCUT2D eigenvalue weighted by atomic mass is 35.5. The summed E-state index contributed by atoms with van der Waals surface area (Å²) >= 11 is 5.87. The second kappa shape index (κ2) is 7.67. The van der Waals surface area contributed by atoms with Crippen molar-refractivity contribution in [2.75, 3.05) is 12.4 Å². The molecule has 0 saturated heterocycles. The number of furan rings is 1. The van der Waals surface area contributed by atoms with Crippen LogP contribution >= 0.6 is 11.6 Å². The third-order valence-electron chi connectivity index (χ3n) is 3.05. The number of rotatable bonds is 6. The first kappa shape index (κ1) is 18.3. The average Bonchev–Trinajstić information content (AvgIpc) is 3.05. The van der Waals surface area contributed by atoms with Crippen LogP contribution in [0.4, 0.5) is 11.6 Å². The van der Waals surface area contributed by atoms with Gasteiger partial charge in [0.15, 0.2) is 6.10 Å². The van der Waals surface area contributed by atoms with Gasteiger partial charge < -0.3 is 19.2 Å². The molecule has 0 aliphatic rings. The molecule has 1 heterocycles. The minimum absolute atomic E-state index is 0.302. The molecule has 1 aromatic heterocycles. The molecule has 0 fully saturated rings. The molecule has 9 nitrogen and oxygen atoms in total. The summed E-state index contributed by atoms with van der Waals surface area (Å²) in [5, 5.41) is 13.4. The molecule has 10 heteroatoms. The Balaban J connectivity index is 2.03. The van der Waals surface area contributed by atoms with Crippen molar-refractivity contribution in [1.29, 1.82) is 0 Å².